The highest BCUT2D eigenvalue weighted by molar-refractivity contribution is 7.19. The molecule has 0 spiro atoms. The molecule has 0 saturated carbocycles. The van der Waals surface area contributed by atoms with Crippen molar-refractivity contribution in [1.82, 2.24) is 0 Å². The zero-order chi connectivity index (χ0) is 10.1. The minimum absolute atomic E-state index is 0.284. The summed E-state index contributed by atoms with van der Waals surface area (Å²) in [6.07, 6.45) is 0. The van der Waals surface area contributed by atoms with Gasteiger partial charge in [-0.15, -0.1) is 11.3 Å². The summed E-state index contributed by atoms with van der Waals surface area (Å²) in [5, 5.41) is 10.6. The number of benzene rings is 1. The van der Waals surface area contributed by atoms with Gasteiger partial charge in [0.2, 0.25) is 0 Å². The number of methoxy groups -OCH3 is 1. The summed E-state index contributed by atoms with van der Waals surface area (Å²) in [5.41, 5.74) is 5.50. The number of hydrogen-bond acceptors (Lipinski definition) is 4. The smallest absolute Gasteiger partial charge is 0.138 e. The van der Waals surface area contributed by atoms with Gasteiger partial charge in [0.1, 0.15) is 11.5 Å². The summed E-state index contributed by atoms with van der Waals surface area (Å²) in [4.78, 5) is 0.813. The van der Waals surface area contributed by atoms with Gasteiger partial charge in [0.15, 0.2) is 0 Å². The van der Waals surface area contributed by atoms with E-state index in [0.717, 1.165) is 20.7 Å². The van der Waals surface area contributed by atoms with E-state index in [2.05, 4.69) is 0 Å². The van der Waals surface area contributed by atoms with E-state index in [9.17, 15) is 5.11 Å². The van der Waals surface area contributed by atoms with Crippen LogP contribution >= 0.6 is 11.3 Å². The Bertz CT molecular complexity index is 464. The second-order valence-corrected chi connectivity index (χ2v) is 4.08. The molecule has 0 aliphatic rings. The quantitative estimate of drug-likeness (QED) is 0.796. The van der Waals surface area contributed by atoms with Crippen molar-refractivity contribution in [2.75, 3.05) is 7.11 Å². The van der Waals surface area contributed by atoms with E-state index in [1.807, 2.05) is 18.2 Å². The highest BCUT2D eigenvalue weighted by atomic mass is 32.1. The van der Waals surface area contributed by atoms with E-state index in [0.29, 0.717) is 6.54 Å². The number of hydrogen-bond donors (Lipinski definition) is 2. The molecule has 0 saturated heterocycles. The fraction of sp³-hybridized carbons (Fsp3) is 0.200. The van der Waals surface area contributed by atoms with Gasteiger partial charge >= 0.3 is 0 Å². The van der Waals surface area contributed by atoms with Crippen LogP contribution in [0.15, 0.2) is 18.2 Å². The highest BCUT2D eigenvalue weighted by Crippen LogP contribution is 2.38. The monoisotopic (exact) mass is 209 g/mol. The second-order valence-electron chi connectivity index (χ2n) is 2.94. The van der Waals surface area contributed by atoms with Crippen LogP contribution in [0.2, 0.25) is 0 Å². The zero-order valence-electron chi connectivity index (χ0n) is 7.78. The molecule has 14 heavy (non-hydrogen) atoms. The first-order valence-corrected chi connectivity index (χ1v) is 5.06. The summed E-state index contributed by atoms with van der Waals surface area (Å²) in [6.45, 7) is 0.369. The van der Waals surface area contributed by atoms with Crippen LogP contribution in [0.1, 0.15) is 4.88 Å². The molecular weight excluding hydrogens is 198 g/mol. The van der Waals surface area contributed by atoms with Crippen LogP contribution in [0.4, 0.5) is 0 Å². The van der Waals surface area contributed by atoms with Crippen LogP contribution in [0.3, 0.4) is 0 Å². The number of fused-ring (bicyclic) bond motifs is 1. The molecule has 3 N–H and O–H groups in total. The van der Waals surface area contributed by atoms with Gasteiger partial charge in [-0.1, -0.05) is 0 Å². The Morgan fingerprint density at radius 1 is 1.50 bits per heavy atom. The number of thiophene rings is 1. The average Bonchev–Trinajstić information content (AvgIpc) is 2.55. The molecule has 0 amide bonds. The molecule has 0 aliphatic carbocycles. The molecule has 0 aliphatic heterocycles. The lowest BCUT2D eigenvalue weighted by atomic mass is 10.2. The Morgan fingerprint density at radius 2 is 2.29 bits per heavy atom. The van der Waals surface area contributed by atoms with E-state index < -0.39 is 0 Å². The van der Waals surface area contributed by atoms with Crippen LogP contribution in [-0.2, 0) is 6.54 Å². The maximum absolute atomic E-state index is 9.78. The van der Waals surface area contributed by atoms with E-state index in [1.165, 1.54) is 11.3 Å². The molecule has 0 atom stereocenters. The number of aromatic hydroxyl groups is 1. The molecule has 74 valence electrons. The van der Waals surface area contributed by atoms with Crippen LogP contribution in [0.5, 0.6) is 11.5 Å². The summed E-state index contributed by atoms with van der Waals surface area (Å²) in [5.74, 6) is 1.03. The average molecular weight is 209 g/mol. The third-order valence-electron chi connectivity index (χ3n) is 2.12. The third kappa shape index (κ3) is 1.32. The minimum atomic E-state index is 0.284. The lowest BCUT2D eigenvalue weighted by Crippen LogP contribution is -1.92. The lowest BCUT2D eigenvalue weighted by molar-refractivity contribution is 0.415. The molecule has 1 aromatic carbocycles. The molecule has 0 radical (unpaired) electrons. The molecule has 2 rings (SSSR count). The first-order valence-electron chi connectivity index (χ1n) is 4.24. The van der Waals surface area contributed by atoms with Gasteiger partial charge in [0.25, 0.3) is 0 Å². The predicted molar refractivity (Wildman–Crippen MR) is 57.9 cm³/mol. The van der Waals surface area contributed by atoms with Gasteiger partial charge in [0, 0.05) is 16.6 Å². The van der Waals surface area contributed by atoms with Gasteiger partial charge in [0.05, 0.1) is 12.0 Å². The second kappa shape index (κ2) is 3.48. The topological polar surface area (TPSA) is 55.5 Å². The van der Waals surface area contributed by atoms with Crippen molar-refractivity contribution < 1.29 is 9.84 Å². The van der Waals surface area contributed by atoms with Gasteiger partial charge in [-0.25, -0.2) is 0 Å². The van der Waals surface area contributed by atoms with Crippen molar-refractivity contribution in [3.8, 4) is 11.5 Å². The van der Waals surface area contributed by atoms with Crippen molar-refractivity contribution in [2.24, 2.45) is 5.73 Å². The summed E-state index contributed by atoms with van der Waals surface area (Å²) in [7, 11) is 1.61. The van der Waals surface area contributed by atoms with Crippen molar-refractivity contribution in [2.45, 2.75) is 6.54 Å². The van der Waals surface area contributed by atoms with Crippen molar-refractivity contribution in [1.29, 1.82) is 0 Å². The Labute approximate surface area is 85.7 Å². The van der Waals surface area contributed by atoms with E-state index >= 15 is 0 Å². The van der Waals surface area contributed by atoms with Crippen molar-refractivity contribution >= 4 is 21.4 Å². The molecule has 2 aromatic rings. The Hall–Kier alpha value is -1.26. The van der Waals surface area contributed by atoms with Crippen LogP contribution in [0, 0.1) is 0 Å². The fourth-order valence-corrected chi connectivity index (χ4v) is 2.34. The predicted octanol–water partition coefficient (Wildman–Crippen LogP) is 2.07. The molecule has 0 unspecified atom stereocenters. The third-order valence-corrected chi connectivity index (χ3v) is 3.31. The molecule has 0 bridgehead atoms. The van der Waals surface area contributed by atoms with Gasteiger partial charge in [-0.3, -0.25) is 0 Å². The van der Waals surface area contributed by atoms with Crippen LogP contribution in [-0.4, -0.2) is 12.2 Å². The maximum atomic E-state index is 9.78. The van der Waals surface area contributed by atoms with Crippen LogP contribution in [0.25, 0.3) is 10.1 Å². The van der Waals surface area contributed by atoms with E-state index in [1.54, 1.807) is 7.11 Å². The molecule has 4 heteroatoms. The summed E-state index contributed by atoms with van der Waals surface area (Å²) < 4.78 is 6.11. The first kappa shape index (κ1) is 9.30. The highest BCUT2D eigenvalue weighted by Gasteiger charge is 2.10. The molecular formula is C10H11NO2S. The summed E-state index contributed by atoms with van der Waals surface area (Å²) in [6, 6.07) is 5.62. The lowest BCUT2D eigenvalue weighted by Gasteiger charge is -1.98. The molecule has 1 heterocycles. The molecule has 1 aromatic heterocycles. The van der Waals surface area contributed by atoms with E-state index in [-0.39, 0.29) is 5.75 Å². The number of rotatable bonds is 2. The Balaban J connectivity index is 2.68. The normalized spacial score (nSPS) is 10.7. The zero-order valence-corrected chi connectivity index (χ0v) is 8.60. The summed E-state index contributed by atoms with van der Waals surface area (Å²) >= 11 is 1.51. The first-order chi connectivity index (χ1) is 6.76. The fourth-order valence-electron chi connectivity index (χ4n) is 1.38. The van der Waals surface area contributed by atoms with Crippen molar-refractivity contribution in [3.05, 3.63) is 23.1 Å². The SMILES string of the molecule is COc1ccc2sc(CN)c(O)c2c1. The number of ether oxygens (including phenoxy) is 1. The van der Waals surface area contributed by atoms with Gasteiger partial charge in [-0.2, -0.15) is 0 Å². The Kier molecular flexibility index (Phi) is 2.31. The number of nitrogens with two attached hydrogens (primary N) is 1. The Morgan fingerprint density at radius 3 is 2.93 bits per heavy atom. The molecule has 3 nitrogen and oxygen atoms in total. The maximum Gasteiger partial charge on any atom is 0.138 e. The van der Waals surface area contributed by atoms with Gasteiger partial charge in [-0.05, 0) is 18.2 Å². The molecule has 0 fully saturated rings. The standard InChI is InChI=1S/C10H11NO2S/c1-13-6-2-3-8-7(4-6)10(12)9(5-11)14-8/h2-4,12H,5,11H2,1H3. The largest absolute Gasteiger partial charge is 0.506 e. The van der Waals surface area contributed by atoms with E-state index in [4.69, 9.17) is 10.5 Å². The van der Waals surface area contributed by atoms with Crippen molar-refractivity contribution in [3.63, 3.8) is 0 Å². The van der Waals surface area contributed by atoms with Crippen LogP contribution < -0.4 is 10.5 Å². The minimum Gasteiger partial charge on any atom is -0.506 e. The van der Waals surface area contributed by atoms with Gasteiger partial charge < -0.3 is 15.6 Å².